The number of rotatable bonds is 3. The molecule has 2 unspecified atom stereocenters. The predicted octanol–water partition coefficient (Wildman–Crippen LogP) is 1.89. The highest BCUT2D eigenvalue weighted by molar-refractivity contribution is 6.33. The van der Waals surface area contributed by atoms with E-state index in [0.717, 1.165) is 13.1 Å². The monoisotopic (exact) mass is 310 g/mol. The molecule has 1 aromatic rings. The lowest BCUT2D eigenvalue weighted by Crippen LogP contribution is -2.56. The van der Waals surface area contributed by atoms with E-state index in [1.54, 1.807) is 18.2 Å². The Morgan fingerprint density at radius 3 is 2.62 bits per heavy atom. The molecule has 0 radical (unpaired) electrons. The molecule has 3 N–H and O–H groups in total. The normalized spacial score (nSPS) is 24.0. The van der Waals surface area contributed by atoms with Gasteiger partial charge in [0.05, 0.1) is 17.3 Å². The van der Waals surface area contributed by atoms with Gasteiger partial charge in [-0.3, -0.25) is 14.6 Å². The van der Waals surface area contributed by atoms with Crippen molar-refractivity contribution in [1.29, 1.82) is 0 Å². The molecule has 116 valence electrons. The third-order valence-corrected chi connectivity index (χ3v) is 4.40. The molecule has 0 saturated carbocycles. The van der Waals surface area contributed by atoms with Gasteiger partial charge in [-0.05, 0) is 39.1 Å². The van der Waals surface area contributed by atoms with E-state index in [-0.39, 0.29) is 5.91 Å². The zero-order valence-electron chi connectivity index (χ0n) is 12.8. The van der Waals surface area contributed by atoms with Gasteiger partial charge in [-0.15, -0.1) is 0 Å². The lowest BCUT2D eigenvalue weighted by atomic mass is 10.1. The minimum atomic E-state index is -0.0635. The van der Waals surface area contributed by atoms with E-state index in [0.29, 0.717) is 35.0 Å². The number of nitrogens with zero attached hydrogens (tertiary/aromatic N) is 2. The third kappa shape index (κ3) is 4.09. The van der Waals surface area contributed by atoms with Crippen LogP contribution < -0.4 is 11.1 Å². The fraction of sp³-hybridized carbons (Fsp3) is 0.533. The maximum Gasteiger partial charge on any atom is 0.238 e. The van der Waals surface area contributed by atoms with Gasteiger partial charge < -0.3 is 11.1 Å². The van der Waals surface area contributed by atoms with Crippen molar-refractivity contribution in [3.05, 3.63) is 23.2 Å². The van der Waals surface area contributed by atoms with Crippen LogP contribution in [0.1, 0.15) is 13.8 Å². The molecule has 2 atom stereocenters. The van der Waals surface area contributed by atoms with Gasteiger partial charge in [0.15, 0.2) is 0 Å². The van der Waals surface area contributed by atoms with Gasteiger partial charge in [-0.25, -0.2) is 0 Å². The second kappa shape index (κ2) is 6.64. The van der Waals surface area contributed by atoms with Crippen LogP contribution >= 0.6 is 11.6 Å². The van der Waals surface area contributed by atoms with E-state index < -0.39 is 0 Å². The molecule has 0 spiro atoms. The number of anilines is 2. The van der Waals surface area contributed by atoms with E-state index in [1.807, 2.05) is 0 Å². The largest absolute Gasteiger partial charge is 0.399 e. The first-order valence-electron chi connectivity index (χ1n) is 7.16. The Labute approximate surface area is 131 Å². The highest BCUT2D eigenvalue weighted by atomic mass is 35.5. The molecule has 0 aromatic heterocycles. The van der Waals surface area contributed by atoms with Crippen molar-refractivity contribution >= 4 is 28.9 Å². The number of halogens is 1. The second-order valence-electron chi connectivity index (χ2n) is 5.85. The van der Waals surface area contributed by atoms with Crippen molar-refractivity contribution in [3.63, 3.8) is 0 Å². The summed E-state index contributed by atoms with van der Waals surface area (Å²) < 4.78 is 0. The Morgan fingerprint density at radius 1 is 1.38 bits per heavy atom. The van der Waals surface area contributed by atoms with Gasteiger partial charge in [0.25, 0.3) is 0 Å². The fourth-order valence-electron chi connectivity index (χ4n) is 2.67. The molecule has 1 heterocycles. The van der Waals surface area contributed by atoms with Crippen LogP contribution in [-0.2, 0) is 4.79 Å². The van der Waals surface area contributed by atoms with Crippen LogP contribution in [0, 0.1) is 0 Å². The van der Waals surface area contributed by atoms with E-state index in [4.69, 9.17) is 17.3 Å². The van der Waals surface area contributed by atoms with E-state index in [1.165, 1.54) is 0 Å². The van der Waals surface area contributed by atoms with Gasteiger partial charge >= 0.3 is 0 Å². The van der Waals surface area contributed by atoms with E-state index >= 15 is 0 Å². The molecule has 2 rings (SSSR count). The lowest BCUT2D eigenvalue weighted by molar-refractivity contribution is -0.118. The number of hydrogen-bond donors (Lipinski definition) is 2. The molecule has 1 aliphatic heterocycles. The van der Waals surface area contributed by atoms with Gasteiger partial charge in [-0.1, -0.05) is 11.6 Å². The van der Waals surface area contributed by atoms with Crippen LogP contribution in [0.25, 0.3) is 0 Å². The third-order valence-electron chi connectivity index (χ3n) is 4.07. The smallest absolute Gasteiger partial charge is 0.238 e. The van der Waals surface area contributed by atoms with Gasteiger partial charge in [0.1, 0.15) is 0 Å². The Morgan fingerprint density at radius 2 is 2.00 bits per heavy atom. The van der Waals surface area contributed by atoms with Crippen LogP contribution in [0.15, 0.2) is 18.2 Å². The molecule has 1 fully saturated rings. The highest BCUT2D eigenvalue weighted by Crippen LogP contribution is 2.24. The van der Waals surface area contributed by atoms with Crippen molar-refractivity contribution in [2.75, 3.05) is 37.7 Å². The summed E-state index contributed by atoms with van der Waals surface area (Å²) in [4.78, 5) is 16.7. The minimum absolute atomic E-state index is 0.0635. The van der Waals surface area contributed by atoms with E-state index in [9.17, 15) is 4.79 Å². The summed E-state index contributed by atoms with van der Waals surface area (Å²) in [6, 6.07) is 5.96. The second-order valence-corrected chi connectivity index (χ2v) is 6.25. The highest BCUT2D eigenvalue weighted by Gasteiger charge is 2.27. The van der Waals surface area contributed by atoms with Crippen LogP contribution in [0.2, 0.25) is 5.02 Å². The maximum absolute atomic E-state index is 12.2. The van der Waals surface area contributed by atoms with Crippen molar-refractivity contribution in [2.45, 2.75) is 25.9 Å². The molecule has 1 aromatic carbocycles. The number of piperazine rings is 1. The van der Waals surface area contributed by atoms with E-state index in [2.05, 4.69) is 36.0 Å². The van der Waals surface area contributed by atoms with Gasteiger partial charge in [0.2, 0.25) is 5.91 Å². The first kappa shape index (κ1) is 16.1. The Balaban J connectivity index is 1.94. The first-order chi connectivity index (χ1) is 9.86. The molecular weight excluding hydrogens is 288 g/mol. The van der Waals surface area contributed by atoms with Crippen molar-refractivity contribution in [2.24, 2.45) is 0 Å². The molecule has 6 heteroatoms. The number of carbonyl (C=O) groups excluding carboxylic acids is 1. The summed E-state index contributed by atoms with van der Waals surface area (Å²) in [5.41, 5.74) is 6.86. The Bertz CT molecular complexity index is 510. The van der Waals surface area contributed by atoms with Crippen LogP contribution in [0.4, 0.5) is 11.4 Å². The topological polar surface area (TPSA) is 61.6 Å². The van der Waals surface area contributed by atoms with Crippen molar-refractivity contribution in [3.8, 4) is 0 Å². The summed E-state index contributed by atoms with van der Waals surface area (Å²) >= 11 is 6.06. The fourth-order valence-corrected chi connectivity index (χ4v) is 2.84. The zero-order chi connectivity index (χ0) is 15.6. The molecule has 0 bridgehead atoms. The summed E-state index contributed by atoms with van der Waals surface area (Å²) in [5.74, 6) is -0.0635. The number of likely N-dealkylation sites (N-methyl/N-ethyl adjacent to an activating group) is 1. The Hall–Kier alpha value is -1.30. The standard InChI is InChI=1S/C15H23ClN4O/c1-10-7-20(8-11(2)19(10)3)9-15(21)18-14-6-12(17)4-5-13(14)16/h4-6,10-11H,7-9,17H2,1-3H3,(H,18,21). The van der Waals surface area contributed by atoms with Crippen LogP contribution in [0.5, 0.6) is 0 Å². The van der Waals surface area contributed by atoms with Crippen LogP contribution in [-0.4, -0.2) is 54.5 Å². The molecular formula is C15H23ClN4O. The SMILES string of the molecule is CC1CN(CC(=O)Nc2cc(N)ccc2Cl)CC(C)N1C. The zero-order valence-corrected chi connectivity index (χ0v) is 13.5. The number of nitrogens with one attached hydrogen (secondary N) is 1. The maximum atomic E-state index is 12.2. The molecule has 5 nitrogen and oxygen atoms in total. The molecule has 0 aliphatic carbocycles. The lowest BCUT2D eigenvalue weighted by Gasteiger charge is -2.42. The number of carbonyl (C=O) groups is 1. The Kier molecular flexibility index (Phi) is 5.08. The van der Waals surface area contributed by atoms with Crippen LogP contribution in [0.3, 0.4) is 0 Å². The number of benzene rings is 1. The predicted molar refractivity (Wildman–Crippen MR) is 87.6 cm³/mol. The summed E-state index contributed by atoms with van der Waals surface area (Å²) in [6.07, 6.45) is 0. The number of hydrogen-bond acceptors (Lipinski definition) is 4. The van der Waals surface area contributed by atoms with Crippen molar-refractivity contribution in [1.82, 2.24) is 9.80 Å². The molecule has 21 heavy (non-hydrogen) atoms. The summed E-state index contributed by atoms with van der Waals surface area (Å²) in [6.45, 7) is 6.50. The first-order valence-corrected chi connectivity index (χ1v) is 7.53. The summed E-state index contributed by atoms with van der Waals surface area (Å²) in [5, 5.41) is 3.33. The van der Waals surface area contributed by atoms with Crippen molar-refractivity contribution < 1.29 is 4.79 Å². The minimum Gasteiger partial charge on any atom is -0.399 e. The summed E-state index contributed by atoms with van der Waals surface area (Å²) in [7, 11) is 2.12. The van der Waals surface area contributed by atoms with Gasteiger partial charge in [-0.2, -0.15) is 0 Å². The number of nitrogen functional groups attached to an aromatic ring is 1. The number of amides is 1. The molecule has 1 aliphatic rings. The van der Waals surface area contributed by atoms with Gasteiger partial charge in [0, 0.05) is 30.9 Å². The average Bonchev–Trinajstić information content (AvgIpc) is 2.40. The number of nitrogens with two attached hydrogens (primary N) is 1. The molecule has 1 saturated heterocycles. The molecule has 1 amide bonds. The quantitative estimate of drug-likeness (QED) is 0.837. The average molecular weight is 311 g/mol.